The maximum atomic E-state index is 3.61. The molecule has 0 heteroatoms. The van der Waals surface area contributed by atoms with E-state index in [4.69, 9.17) is 0 Å². The fraction of sp³-hybridized carbons (Fsp3) is 0.250. The highest BCUT2D eigenvalue weighted by atomic mass is 13.8. The van der Waals surface area contributed by atoms with Crippen LogP contribution < -0.4 is 0 Å². The summed E-state index contributed by atoms with van der Waals surface area (Å²) in [6, 6.07) is 0. The predicted molar refractivity (Wildman–Crippen MR) is 38.8 cm³/mol. The predicted octanol–water partition coefficient (Wildman–Crippen LogP) is 2.69. The Bertz CT molecular complexity index is 97.2. The number of allylic oxidation sites excluding steroid dienone is 4. The van der Waals surface area contributed by atoms with Crippen LogP contribution in [0.15, 0.2) is 37.0 Å². The van der Waals surface area contributed by atoms with E-state index < -0.39 is 0 Å². The van der Waals surface area contributed by atoms with Gasteiger partial charge in [0.25, 0.3) is 0 Å². The molecular formula is C8H12. The Morgan fingerprint density at radius 3 is 2.00 bits per heavy atom. The first-order valence-electron chi connectivity index (χ1n) is 2.80. The van der Waals surface area contributed by atoms with Crippen LogP contribution in [0.5, 0.6) is 0 Å². The van der Waals surface area contributed by atoms with Crippen molar-refractivity contribution < 1.29 is 0 Å². The smallest absolute Gasteiger partial charge is 0.0309 e. The summed E-state index contributed by atoms with van der Waals surface area (Å²) in [5.74, 6) is 0. The van der Waals surface area contributed by atoms with Gasteiger partial charge in [0.1, 0.15) is 0 Å². The van der Waals surface area contributed by atoms with Gasteiger partial charge in [0.05, 0.1) is 0 Å². The molecule has 0 saturated heterocycles. The van der Waals surface area contributed by atoms with Gasteiger partial charge in [0, 0.05) is 0 Å². The molecule has 0 aromatic heterocycles. The molecule has 0 fully saturated rings. The number of hydrogen-bond donors (Lipinski definition) is 0. The Labute approximate surface area is 51.2 Å². The van der Waals surface area contributed by atoms with Crippen molar-refractivity contribution in [1.29, 1.82) is 0 Å². The minimum atomic E-state index is 1.05. The van der Waals surface area contributed by atoms with Gasteiger partial charge in [-0.2, -0.15) is 0 Å². The maximum Gasteiger partial charge on any atom is -0.0309 e. The van der Waals surface area contributed by atoms with Crippen molar-refractivity contribution in [1.82, 2.24) is 0 Å². The first kappa shape index (κ1) is 7.22. The first-order valence-corrected chi connectivity index (χ1v) is 2.80. The summed E-state index contributed by atoms with van der Waals surface area (Å²) in [6.07, 6.45) is 6.74. The van der Waals surface area contributed by atoms with Gasteiger partial charge in [-0.3, -0.25) is 0 Å². The molecule has 0 aliphatic rings. The molecule has 0 atom stereocenters. The molecule has 0 N–H and O–H groups in total. The Balaban J connectivity index is 3.85. The van der Waals surface area contributed by atoms with E-state index in [2.05, 4.69) is 26.2 Å². The molecule has 0 saturated carbocycles. The van der Waals surface area contributed by atoms with Crippen LogP contribution in [0.25, 0.3) is 0 Å². The Kier molecular flexibility index (Phi) is 3.95. The molecular weight excluding hydrogens is 96.1 g/mol. The van der Waals surface area contributed by atoms with Crippen LogP contribution >= 0.6 is 0 Å². The van der Waals surface area contributed by atoms with Gasteiger partial charge in [-0.15, -0.1) is 0 Å². The monoisotopic (exact) mass is 108 g/mol. The third-order valence-electron chi connectivity index (χ3n) is 0.911. The standard InChI is InChI=1S/C8H12/c1-4-7-8(5-2)6-3/h5-7H,2-4H2,1H3. The molecule has 0 unspecified atom stereocenters. The third-order valence-corrected chi connectivity index (χ3v) is 0.911. The topological polar surface area (TPSA) is 0 Å². The van der Waals surface area contributed by atoms with Gasteiger partial charge in [-0.1, -0.05) is 38.3 Å². The Morgan fingerprint density at radius 1 is 1.38 bits per heavy atom. The zero-order valence-corrected chi connectivity index (χ0v) is 5.35. The summed E-state index contributed by atoms with van der Waals surface area (Å²) < 4.78 is 0. The second-order valence-electron chi connectivity index (χ2n) is 1.52. The lowest BCUT2D eigenvalue weighted by Gasteiger charge is -1.86. The van der Waals surface area contributed by atoms with Gasteiger partial charge < -0.3 is 0 Å². The van der Waals surface area contributed by atoms with Gasteiger partial charge >= 0.3 is 0 Å². The lowest BCUT2D eigenvalue weighted by Crippen LogP contribution is -1.65. The van der Waals surface area contributed by atoms with E-state index in [1.807, 2.05) is 0 Å². The molecule has 0 spiro atoms. The summed E-state index contributed by atoms with van der Waals surface area (Å²) in [7, 11) is 0. The summed E-state index contributed by atoms with van der Waals surface area (Å²) >= 11 is 0. The molecule has 0 radical (unpaired) electrons. The lowest BCUT2D eigenvalue weighted by molar-refractivity contribution is 1.21. The van der Waals surface area contributed by atoms with Gasteiger partial charge in [-0.25, -0.2) is 0 Å². The van der Waals surface area contributed by atoms with E-state index in [0.717, 1.165) is 12.0 Å². The van der Waals surface area contributed by atoms with Crippen LogP contribution in [-0.2, 0) is 0 Å². The summed E-state index contributed by atoms with van der Waals surface area (Å²) in [6.45, 7) is 9.31. The Hall–Kier alpha value is -0.780. The minimum absolute atomic E-state index is 1.05. The molecule has 0 aromatic carbocycles. The van der Waals surface area contributed by atoms with E-state index in [0.29, 0.717) is 0 Å². The average molecular weight is 108 g/mol. The fourth-order valence-corrected chi connectivity index (χ4v) is 0.486. The lowest BCUT2D eigenvalue weighted by atomic mass is 10.2. The Morgan fingerprint density at radius 2 is 1.88 bits per heavy atom. The SMILES string of the molecule is C=CC(C=C)=CCC. The molecule has 0 rings (SSSR count). The second-order valence-corrected chi connectivity index (χ2v) is 1.52. The maximum absolute atomic E-state index is 3.61. The van der Waals surface area contributed by atoms with E-state index in [1.54, 1.807) is 12.2 Å². The van der Waals surface area contributed by atoms with Crippen molar-refractivity contribution in [2.24, 2.45) is 0 Å². The zero-order valence-electron chi connectivity index (χ0n) is 5.35. The molecule has 0 heterocycles. The average Bonchev–Trinajstić information content (AvgIpc) is 1.83. The molecule has 0 aromatic rings. The summed E-state index contributed by atoms with van der Waals surface area (Å²) in [5, 5.41) is 0. The summed E-state index contributed by atoms with van der Waals surface area (Å²) in [4.78, 5) is 0. The van der Waals surface area contributed by atoms with Gasteiger partial charge in [0.2, 0.25) is 0 Å². The van der Waals surface area contributed by atoms with Crippen LogP contribution in [0.4, 0.5) is 0 Å². The van der Waals surface area contributed by atoms with Crippen molar-refractivity contribution in [3.05, 3.63) is 37.0 Å². The fourth-order valence-electron chi connectivity index (χ4n) is 0.486. The van der Waals surface area contributed by atoms with Crippen molar-refractivity contribution >= 4 is 0 Å². The molecule has 8 heavy (non-hydrogen) atoms. The van der Waals surface area contributed by atoms with Crippen molar-refractivity contribution in [3.63, 3.8) is 0 Å². The molecule has 0 aliphatic carbocycles. The highest BCUT2D eigenvalue weighted by molar-refractivity contribution is 5.26. The highest BCUT2D eigenvalue weighted by Crippen LogP contribution is 1.96. The quantitative estimate of drug-likeness (QED) is 0.487. The normalized spacial score (nSPS) is 7.62. The van der Waals surface area contributed by atoms with Crippen LogP contribution in [0.1, 0.15) is 13.3 Å². The van der Waals surface area contributed by atoms with E-state index >= 15 is 0 Å². The first-order chi connectivity index (χ1) is 3.85. The van der Waals surface area contributed by atoms with Gasteiger partial charge in [-0.05, 0) is 12.0 Å². The van der Waals surface area contributed by atoms with Crippen molar-refractivity contribution in [3.8, 4) is 0 Å². The van der Waals surface area contributed by atoms with E-state index in [9.17, 15) is 0 Å². The number of hydrogen-bond acceptors (Lipinski definition) is 0. The minimum Gasteiger partial charge on any atom is -0.0985 e. The van der Waals surface area contributed by atoms with E-state index in [-0.39, 0.29) is 0 Å². The molecule has 0 bridgehead atoms. The number of rotatable bonds is 3. The van der Waals surface area contributed by atoms with Crippen LogP contribution in [0.2, 0.25) is 0 Å². The second kappa shape index (κ2) is 4.38. The third kappa shape index (κ3) is 2.40. The zero-order chi connectivity index (χ0) is 6.41. The molecule has 0 aliphatic heterocycles. The van der Waals surface area contributed by atoms with Crippen molar-refractivity contribution in [2.45, 2.75) is 13.3 Å². The summed E-state index contributed by atoms with van der Waals surface area (Å²) in [5.41, 5.74) is 1.12. The van der Waals surface area contributed by atoms with Gasteiger partial charge in [0.15, 0.2) is 0 Å². The van der Waals surface area contributed by atoms with E-state index in [1.165, 1.54) is 0 Å². The molecule has 0 amide bonds. The van der Waals surface area contributed by atoms with Crippen LogP contribution in [0.3, 0.4) is 0 Å². The largest absolute Gasteiger partial charge is 0.0985 e. The molecule has 0 nitrogen and oxygen atoms in total. The van der Waals surface area contributed by atoms with Crippen LogP contribution in [0, 0.1) is 0 Å². The highest BCUT2D eigenvalue weighted by Gasteiger charge is 1.76. The van der Waals surface area contributed by atoms with Crippen molar-refractivity contribution in [2.75, 3.05) is 0 Å². The van der Waals surface area contributed by atoms with Crippen LogP contribution in [-0.4, -0.2) is 0 Å². The molecule has 44 valence electrons.